The van der Waals surface area contributed by atoms with Crippen molar-refractivity contribution >= 4 is 11.8 Å². The summed E-state index contributed by atoms with van der Waals surface area (Å²) in [6, 6.07) is -0.593. The van der Waals surface area contributed by atoms with Gasteiger partial charge in [0.25, 0.3) is 0 Å². The average Bonchev–Trinajstić information content (AvgIpc) is 2.94. The van der Waals surface area contributed by atoms with Crippen molar-refractivity contribution in [2.24, 2.45) is 5.73 Å². The first-order valence-electron chi connectivity index (χ1n) is 8.61. The van der Waals surface area contributed by atoms with Crippen molar-refractivity contribution in [1.29, 1.82) is 0 Å². The number of carbonyl (C=O) groups excluding carboxylic acids is 2. The van der Waals surface area contributed by atoms with E-state index in [0.29, 0.717) is 38.0 Å². The van der Waals surface area contributed by atoms with Crippen molar-refractivity contribution < 1.29 is 22.8 Å². The Morgan fingerprint density at radius 2 is 1.92 bits per heavy atom. The Kier molecular flexibility index (Phi) is 4.96. The van der Waals surface area contributed by atoms with Gasteiger partial charge >= 0.3 is 6.18 Å². The van der Waals surface area contributed by atoms with Gasteiger partial charge in [-0.3, -0.25) is 19.2 Å². The van der Waals surface area contributed by atoms with E-state index in [9.17, 15) is 22.8 Å². The molecule has 3 rings (SSSR count). The summed E-state index contributed by atoms with van der Waals surface area (Å²) in [6.45, 7) is 0.757. The number of nitrogens with zero attached hydrogens (tertiary/aromatic N) is 4. The van der Waals surface area contributed by atoms with Gasteiger partial charge in [0, 0.05) is 30.9 Å². The Hall–Kier alpha value is -2.10. The van der Waals surface area contributed by atoms with E-state index in [2.05, 4.69) is 5.10 Å². The summed E-state index contributed by atoms with van der Waals surface area (Å²) >= 11 is 0. The van der Waals surface area contributed by atoms with E-state index < -0.39 is 23.8 Å². The van der Waals surface area contributed by atoms with E-state index in [1.54, 1.807) is 11.9 Å². The number of aromatic nitrogens is 2. The van der Waals surface area contributed by atoms with Crippen molar-refractivity contribution in [2.45, 2.75) is 44.4 Å². The molecular weight excluding hydrogens is 351 g/mol. The summed E-state index contributed by atoms with van der Waals surface area (Å²) in [5.41, 5.74) is 5.18. The number of nitrogens with two attached hydrogens (primary N) is 1. The standard InChI is InChI=1S/C16H22F3N5O2/c1-22-6-7-23(8-12(22)15(20)26)13(25)9-24-11-5-3-2-4-10(11)14(21-24)16(17,18)19/h12H,2-9H2,1H3,(H2,20,26). The number of fused-ring (bicyclic) bond motifs is 1. The Morgan fingerprint density at radius 1 is 1.23 bits per heavy atom. The summed E-state index contributed by atoms with van der Waals surface area (Å²) in [6.07, 6.45) is -2.24. The lowest BCUT2D eigenvalue weighted by atomic mass is 9.95. The number of likely N-dealkylation sites (N-methyl/N-ethyl adjacent to an activating group) is 1. The molecule has 2 aliphatic rings. The second kappa shape index (κ2) is 6.90. The van der Waals surface area contributed by atoms with E-state index in [0.717, 1.165) is 6.42 Å². The Morgan fingerprint density at radius 3 is 2.58 bits per heavy atom. The molecule has 144 valence electrons. The first kappa shape index (κ1) is 18.7. The zero-order chi connectivity index (χ0) is 19.1. The summed E-state index contributed by atoms with van der Waals surface area (Å²) in [4.78, 5) is 27.3. The van der Waals surface area contributed by atoms with Crippen LogP contribution in [0.1, 0.15) is 29.8 Å². The van der Waals surface area contributed by atoms with E-state index in [4.69, 9.17) is 5.73 Å². The number of primary amides is 1. The highest BCUT2D eigenvalue weighted by atomic mass is 19.4. The highest BCUT2D eigenvalue weighted by molar-refractivity contribution is 5.82. The van der Waals surface area contributed by atoms with Crippen LogP contribution in [0.15, 0.2) is 0 Å². The van der Waals surface area contributed by atoms with Crippen LogP contribution < -0.4 is 5.73 Å². The molecule has 1 aromatic heterocycles. The summed E-state index contributed by atoms with van der Waals surface area (Å²) in [5, 5.41) is 3.71. The minimum absolute atomic E-state index is 0.139. The van der Waals surface area contributed by atoms with Crippen molar-refractivity contribution in [1.82, 2.24) is 19.6 Å². The monoisotopic (exact) mass is 373 g/mol. The molecule has 7 nitrogen and oxygen atoms in total. The second-order valence-electron chi connectivity index (χ2n) is 6.87. The fourth-order valence-electron chi connectivity index (χ4n) is 3.66. The van der Waals surface area contributed by atoms with Crippen LogP contribution in [0.25, 0.3) is 0 Å². The van der Waals surface area contributed by atoms with Crippen molar-refractivity contribution in [2.75, 3.05) is 26.7 Å². The lowest BCUT2D eigenvalue weighted by Crippen LogP contribution is -2.58. The van der Waals surface area contributed by atoms with Crippen molar-refractivity contribution in [3.05, 3.63) is 17.0 Å². The van der Waals surface area contributed by atoms with E-state index in [1.807, 2.05) is 0 Å². The first-order valence-corrected chi connectivity index (χ1v) is 8.61. The second-order valence-corrected chi connectivity index (χ2v) is 6.87. The van der Waals surface area contributed by atoms with Crippen LogP contribution in [0.5, 0.6) is 0 Å². The minimum atomic E-state index is -4.53. The van der Waals surface area contributed by atoms with Gasteiger partial charge in [-0.05, 0) is 32.7 Å². The molecule has 1 saturated heterocycles. The van der Waals surface area contributed by atoms with Gasteiger partial charge in [0.1, 0.15) is 12.6 Å². The molecule has 2 amide bonds. The molecule has 1 atom stereocenters. The number of halogens is 3. The van der Waals surface area contributed by atoms with Gasteiger partial charge in [-0.15, -0.1) is 0 Å². The molecule has 0 radical (unpaired) electrons. The third-order valence-corrected chi connectivity index (χ3v) is 5.14. The zero-order valence-electron chi connectivity index (χ0n) is 14.6. The van der Waals surface area contributed by atoms with E-state index >= 15 is 0 Å². The van der Waals surface area contributed by atoms with Gasteiger partial charge in [0.05, 0.1) is 0 Å². The highest BCUT2D eigenvalue weighted by Gasteiger charge is 2.40. The number of amides is 2. The lowest BCUT2D eigenvalue weighted by Gasteiger charge is -2.37. The van der Waals surface area contributed by atoms with Crippen LogP contribution >= 0.6 is 0 Å². The summed E-state index contributed by atoms with van der Waals surface area (Å²) in [7, 11) is 1.75. The number of carbonyl (C=O) groups is 2. The SMILES string of the molecule is CN1CCN(C(=O)Cn2nc(C(F)(F)F)c3c2CCCC3)CC1C(N)=O. The molecule has 26 heavy (non-hydrogen) atoms. The van der Waals surface area contributed by atoms with Crippen LogP contribution in [0.4, 0.5) is 13.2 Å². The number of alkyl halides is 3. The molecule has 2 N–H and O–H groups in total. The Bertz CT molecular complexity index is 715. The van der Waals surface area contributed by atoms with Crippen LogP contribution in [-0.4, -0.2) is 64.1 Å². The molecule has 0 spiro atoms. The number of piperazine rings is 1. The largest absolute Gasteiger partial charge is 0.435 e. The third kappa shape index (κ3) is 3.55. The van der Waals surface area contributed by atoms with Crippen molar-refractivity contribution in [3.63, 3.8) is 0 Å². The molecule has 1 aromatic rings. The van der Waals surface area contributed by atoms with Crippen LogP contribution in [-0.2, 0) is 35.2 Å². The van der Waals surface area contributed by atoms with E-state index in [-0.39, 0.29) is 24.6 Å². The lowest BCUT2D eigenvalue weighted by molar-refractivity contribution is -0.143. The number of hydrogen-bond donors (Lipinski definition) is 1. The van der Waals surface area contributed by atoms with Gasteiger partial charge in [0.2, 0.25) is 11.8 Å². The topological polar surface area (TPSA) is 84.5 Å². The molecule has 1 unspecified atom stereocenters. The number of hydrogen-bond acceptors (Lipinski definition) is 4. The zero-order valence-corrected chi connectivity index (χ0v) is 14.6. The predicted molar refractivity (Wildman–Crippen MR) is 86.1 cm³/mol. The van der Waals surface area contributed by atoms with Crippen LogP contribution in [0.3, 0.4) is 0 Å². The fourth-order valence-corrected chi connectivity index (χ4v) is 3.66. The molecular formula is C16H22F3N5O2. The Labute approximate surface area is 148 Å². The fraction of sp³-hybridized carbons (Fsp3) is 0.688. The van der Waals surface area contributed by atoms with Crippen LogP contribution in [0, 0.1) is 0 Å². The van der Waals surface area contributed by atoms with Gasteiger partial charge in [-0.1, -0.05) is 0 Å². The molecule has 1 fully saturated rings. The first-order chi connectivity index (χ1) is 12.2. The van der Waals surface area contributed by atoms with Gasteiger partial charge in [-0.2, -0.15) is 18.3 Å². The minimum Gasteiger partial charge on any atom is -0.368 e. The highest BCUT2D eigenvalue weighted by Crippen LogP contribution is 2.35. The molecule has 0 saturated carbocycles. The Balaban J connectivity index is 1.80. The van der Waals surface area contributed by atoms with Crippen LogP contribution in [0.2, 0.25) is 0 Å². The van der Waals surface area contributed by atoms with Crippen molar-refractivity contribution in [3.8, 4) is 0 Å². The molecule has 1 aliphatic heterocycles. The normalized spacial score (nSPS) is 21.5. The van der Waals surface area contributed by atoms with Gasteiger partial charge < -0.3 is 10.6 Å². The smallest absolute Gasteiger partial charge is 0.368 e. The molecule has 2 heterocycles. The maximum Gasteiger partial charge on any atom is 0.435 e. The van der Waals surface area contributed by atoms with E-state index in [1.165, 1.54) is 9.58 Å². The summed E-state index contributed by atoms with van der Waals surface area (Å²) in [5.74, 6) is -0.880. The molecule has 0 bridgehead atoms. The van der Waals surface area contributed by atoms with Gasteiger partial charge in [0.15, 0.2) is 5.69 Å². The molecule has 0 aromatic carbocycles. The maximum atomic E-state index is 13.2. The third-order valence-electron chi connectivity index (χ3n) is 5.14. The number of rotatable bonds is 3. The van der Waals surface area contributed by atoms with Gasteiger partial charge in [-0.25, -0.2) is 0 Å². The molecule has 1 aliphatic carbocycles. The molecule has 10 heteroatoms. The quantitative estimate of drug-likeness (QED) is 0.832. The maximum absolute atomic E-state index is 13.2. The predicted octanol–water partition coefficient (Wildman–Crippen LogP) is 0.409. The average molecular weight is 373 g/mol. The summed E-state index contributed by atoms with van der Waals surface area (Å²) < 4.78 is 40.9.